The van der Waals surface area contributed by atoms with E-state index in [0.717, 1.165) is 33.6 Å². The van der Waals surface area contributed by atoms with Crippen molar-refractivity contribution in [3.8, 4) is 0 Å². The number of nitrogens with zero attached hydrogens (tertiary/aromatic N) is 4. The average molecular weight is 370 g/mol. The minimum absolute atomic E-state index is 0.167. The molecule has 7 heteroatoms. The van der Waals surface area contributed by atoms with Crippen LogP contribution >= 0.6 is 11.8 Å². The van der Waals surface area contributed by atoms with Crippen LogP contribution in [0.2, 0.25) is 0 Å². The molecule has 0 spiro atoms. The zero-order chi connectivity index (χ0) is 18.8. The predicted octanol–water partition coefficient (Wildman–Crippen LogP) is 3.37. The number of aryl methyl sites for hydroxylation is 4. The summed E-state index contributed by atoms with van der Waals surface area (Å²) in [7, 11) is 0. The number of benzene rings is 1. The summed E-state index contributed by atoms with van der Waals surface area (Å²) in [5, 5.41) is 5.07. The van der Waals surface area contributed by atoms with Gasteiger partial charge in [-0.15, -0.1) is 5.10 Å². The van der Waals surface area contributed by atoms with E-state index in [1.807, 2.05) is 46.1 Å². The summed E-state index contributed by atoms with van der Waals surface area (Å²) in [6.45, 7) is 8.13. The summed E-state index contributed by atoms with van der Waals surface area (Å²) in [5.41, 5.74) is 5.77. The lowest BCUT2D eigenvalue weighted by molar-refractivity contribution is -0.144. The van der Waals surface area contributed by atoms with Crippen LogP contribution in [0.25, 0.3) is 5.78 Å². The van der Waals surface area contributed by atoms with Crippen molar-refractivity contribution in [2.75, 3.05) is 6.26 Å². The van der Waals surface area contributed by atoms with Crippen LogP contribution in [0.15, 0.2) is 23.4 Å². The van der Waals surface area contributed by atoms with Crippen molar-refractivity contribution in [2.24, 2.45) is 0 Å². The van der Waals surface area contributed by atoms with Crippen molar-refractivity contribution in [3.05, 3.63) is 51.8 Å². The van der Waals surface area contributed by atoms with Crippen LogP contribution in [0, 0.1) is 27.7 Å². The molecule has 136 valence electrons. The Labute approximate surface area is 157 Å². The van der Waals surface area contributed by atoms with Gasteiger partial charge in [0.1, 0.15) is 6.61 Å². The first kappa shape index (κ1) is 18.4. The average Bonchev–Trinajstić information content (AvgIpc) is 3.02. The zero-order valence-corrected chi connectivity index (χ0v) is 16.5. The molecular weight excluding hydrogens is 348 g/mol. The standard InChI is InChI=1S/C19H22N4O2S/c1-11-6-7-12(2)15(8-11)10-25-17(24)9-16-13(3)20-18-21-19(26-5)22-23(18)14(16)4/h6-8H,9-10H2,1-5H3. The number of carbonyl (C=O) groups is 1. The third kappa shape index (κ3) is 3.72. The van der Waals surface area contributed by atoms with Gasteiger partial charge in [0, 0.05) is 17.0 Å². The Hall–Kier alpha value is -2.41. The zero-order valence-electron chi connectivity index (χ0n) is 15.7. The van der Waals surface area contributed by atoms with Crippen molar-refractivity contribution in [3.63, 3.8) is 0 Å². The molecule has 2 aromatic heterocycles. The van der Waals surface area contributed by atoms with E-state index in [-0.39, 0.29) is 19.0 Å². The van der Waals surface area contributed by atoms with E-state index >= 15 is 0 Å². The minimum atomic E-state index is -0.275. The molecule has 0 saturated carbocycles. The molecular formula is C19H22N4O2S. The molecule has 0 atom stereocenters. The van der Waals surface area contributed by atoms with Gasteiger partial charge in [-0.3, -0.25) is 4.79 Å². The van der Waals surface area contributed by atoms with Crippen LogP contribution in [0.4, 0.5) is 0 Å². The van der Waals surface area contributed by atoms with E-state index in [0.29, 0.717) is 10.9 Å². The Kier molecular flexibility index (Phi) is 5.27. The van der Waals surface area contributed by atoms with Crippen LogP contribution in [0.1, 0.15) is 33.6 Å². The number of hydrogen-bond acceptors (Lipinski definition) is 6. The van der Waals surface area contributed by atoms with Gasteiger partial charge < -0.3 is 4.74 Å². The smallest absolute Gasteiger partial charge is 0.310 e. The number of esters is 1. The summed E-state index contributed by atoms with van der Waals surface area (Å²) in [6, 6.07) is 6.14. The molecule has 0 radical (unpaired) electrons. The van der Waals surface area contributed by atoms with Crippen molar-refractivity contribution in [1.82, 2.24) is 19.6 Å². The fraction of sp³-hybridized carbons (Fsp3) is 0.368. The number of rotatable bonds is 5. The first-order chi connectivity index (χ1) is 12.4. The molecule has 0 fully saturated rings. The van der Waals surface area contributed by atoms with Gasteiger partial charge in [0.15, 0.2) is 0 Å². The number of fused-ring (bicyclic) bond motifs is 1. The quantitative estimate of drug-likeness (QED) is 0.507. The Morgan fingerprint density at radius 2 is 1.96 bits per heavy atom. The molecule has 0 amide bonds. The molecule has 0 saturated heterocycles. The molecule has 0 aliphatic heterocycles. The Balaban J connectivity index is 1.77. The Morgan fingerprint density at radius 1 is 1.19 bits per heavy atom. The van der Waals surface area contributed by atoms with Crippen LogP contribution in [0.5, 0.6) is 0 Å². The summed E-state index contributed by atoms with van der Waals surface area (Å²) in [5.74, 6) is 0.278. The molecule has 6 nitrogen and oxygen atoms in total. The van der Waals surface area contributed by atoms with Crippen molar-refractivity contribution in [1.29, 1.82) is 0 Å². The fourth-order valence-corrected chi connectivity index (χ4v) is 3.18. The topological polar surface area (TPSA) is 69.4 Å². The van der Waals surface area contributed by atoms with Gasteiger partial charge in [0.05, 0.1) is 6.42 Å². The van der Waals surface area contributed by atoms with Crippen molar-refractivity contribution >= 4 is 23.5 Å². The highest BCUT2D eigenvalue weighted by atomic mass is 32.2. The highest BCUT2D eigenvalue weighted by Crippen LogP contribution is 2.18. The summed E-state index contributed by atoms with van der Waals surface area (Å²) >= 11 is 1.46. The first-order valence-corrected chi connectivity index (χ1v) is 9.60. The molecule has 0 aliphatic rings. The highest BCUT2D eigenvalue weighted by Gasteiger charge is 2.17. The largest absolute Gasteiger partial charge is 0.461 e. The van der Waals surface area contributed by atoms with Gasteiger partial charge in [-0.25, -0.2) is 9.50 Å². The van der Waals surface area contributed by atoms with Gasteiger partial charge in [0.25, 0.3) is 5.78 Å². The van der Waals surface area contributed by atoms with E-state index in [1.165, 1.54) is 11.8 Å². The van der Waals surface area contributed by atoms with E-state index in [9.17, 15) is 4.79 Å². The number of hydrogen-bond donors (Lipinski definition) is 0. The second kappa shape index (κ2) is 7.45. The molecule has 0 N–H and O–H groups in total. The predicted molar refractivity (Wildman–Crippen MR) is 101 cm³/mol. The van der Waals surface area contributed by atoms with E-state index in [4.69, 9.17) is 4.74 Å². The van der Waals surface area contributed by atoms with Gasteiger partial charge in [-0.1, -0.05) is 35.5 Å². The molecule has 0 aliphatic carbocycles. The van der Waals surface area contributed by atoms with E-state index in [2.05, 4.69) is 21.1 Å². The molecule has 2 heterocycles. The Bertz CT molecular complexity index is 981. The summed E-state index contributed by atoms with van der Waals surface area (Å²) < 4.78 is 7.19. The maximum Gasteiger partial charge on any atom is 0.310 e. The minimum Gasteiger partial charge on any atom is -0.461 e. The normalized spacial score (nSPS) is 11.1. The first-order valence-electron chi connectivity index (χ1n) is 8.37. The SMILES string of the molecule is CSc1nc2nc(C)c(CC(=O)OCc3cc(C)ccc3C)c(C)n2n1. The van der Waals surface area contributed by atoms with Crippen LogP contribution in [0.3, 0.4) is 0 Å². The van der Waals surface area contributed by atoms with Crippen LogP contribution < -0.4 is 0 Å². The lowest BCUT2D eigenvalue weighted by Crippen LogP contribution is -2.14. The molecule has 0 bridgehead atoms. The van der Waals surface area contributed by atoms with E-state index in [1.54, 1.807) is 4.52 Å². The lowest BCUT2D eigenvalue weighted by Gasteiger charge is -2.11. The Morgan fingerprint density at radius 3 is 2.69 bits per heavy atom. The third-order valence-corrected chi connectivity index (χ3v) is 4.96. The van der Waals surface area contributed by atoms with Crippen LogP contribution in [-0.4, -0.2) is 31.8 Å². The molecule has 26 heavy (non-hydrogen) atoms. The number of ether oxygens (including phenoxy) is 1. The highest BCUT2D eigenvalue weighted by molar-refractivity contribution is 7.98. The number of aromatic nitrogens is 4. The monoisotopic (exact) mass is 370 g/mol. The number of carbonyl (C=O) groups excluding carboxylic acids is 1. The van der Waals surface area contributed by atoms with Crippen molar-refractivity contribution in [2.45, 2.75) is 45.9 Å². The maximum absolute atomic E-state index is 12.4. The third-order valence-electron chi connectivity index (χ3n) is 4.43. The maximum atomic E-state index is 12.4. The fourth-order valence-electron chi connectivity index (χ4n) is 2.84. The second-order valence-corrected chi connectivity index (χ2v) is 7.11. The second-order valence-electron chi connectivity index (χ2n) is 6.34. The molecule has 0 unspecified atom stereocenters. The van der Waals surface area contributed by atoms with Crippen molar-refractivity contribution < 1.29 is 9.53 Å². The van der Waals surface area contributed by atoms with E-state index < -0.39 is 0 Å². The van der Waals surface area contributed by atoms with Gasteiger partial charge in [-0.05, 0) is 45.1 Å². The van der Waals surface area contributed by atoms with Gasteiger partial charge in [0.2, 0.25) is 5.16 Å². The summed E-state index contributed by atoms with van der Waals surface area (Å²) in [6.07, 6.45) is 2.09. The van der Waals surface area contributed by atoms with Crippen LogP contribution in [-0.2, 0) is 22.6 Å². The molecule has 3 aromatic rings. The van der Waals surface area contributed by atoms with Gasteiger partial charge in [-0.2, -0.15) is 4.98 Å². The van der Waals surface area contributed by atoms with Gasteiger partial charge >= 0.3 is 5.97 Å². The lowest BCUT2D eigenvalue weighted by atomic mass is 10.1. The molecule has 1 aromatic carbocycles. The summed E-state index contributed by atoms with van der Waals surface area (Å²) in [4.78, 5) is 21.2. The number of thioether (sulfide) groups is 1. The molecule has 3 rings (SSSR count).